The molecule has 0 saturated heterocycles. The number of ether oxygens (including phenoxy) is 1. The molecule has 2 saturated carbocycles. The third kappa shape index (κ3) is 5.75. The Hall–Kier alpha value is -2.42. The first-order valence-electron chi connectivity index (χ1n) is 12.1. The van der Waals surface area contributed by atoms with Gasteiger partial charge in [0.15, 0.2) is 6.61 Å². The summed E-state index contributed by atoms with van der Waals surface area (Å²) in [6.45, 7) is -0.161. The van der Waals surface area contributed by atoms with Gasteiger partial charge in [-0.05, 0) is 37.8 Å². The molecule has 3 aliphatic rings. The van der Waals surface area contributed by atoms with Crippen molar-refractivity contribution in [1.29, 1.82) is 0 Å². The lowest BCUT2D eigenvalue weighted by Gasteiger charge is -2.41. The third-order valence-corrected chi connectivity index (χ3v) is 8.23. The van der Waals surface area contributed by atoms with Gasteiger partial charge in [0.25, 0.3) is 15.9 Å². The van der Waals surface area contributed by atoms with E-state index >= 15 is 0 Å². The largest absolute Gasteiger partial charge is 0.456 e. The molecule has 33 heavy (non-hydrogen) atoms. The van der Waals surface area contributed by atoms with Crippen LogP contribution < -0.4 is 4.72 Å². The van der Waals surface area contributed by atoms with Crippen LogP contribution in [0.15, 0.2) is 34.2 Å². The molecule has 0 unspecified atom stereocenters. The lowest BCUT2D eigenvalue weighted by molar-refractivity contribution is -0.155. The molecule has 2 fully saturated rings. The van der Waals surface area contributed by atoms with Gasteiger partial charge in [-0.1, -0.05) is 50.7 Å². The number of nitrogens with one attached hydrogen (secondary N) is 1. The average Bonchev–Trinajstić information content (AvgIpc) is 3.09. The van der Waals surface area contributed by atoms with E-state index in [1.807, 2.05) is 4.90 Å². The maximum absolute atomic E-state index is 13.1. The number of fused-ring (bicyclic) bond motifs is 1. The Bertz CT molecular complexity index is 977. The van der Waals surface area contributed by atoms with Crippen LogP contribution in [0.3, 0.4) is 0 Å². The summed E-state index contributed by atoms with van der Waals surface area (Å²) >= 11 is 0. The highest BCUT2D eigenvalue weighted by Crippen LogP contribution is 2.30. The number of benzene rings is 1. The van der Waals surface area contributed by atoms with E-state index in [4.69, 9.17) is 4.74 Å². The van der Waals surface area contributed by atoms with Crippen LogP contribution in [0.4, 0.5) is 0 Å². The number of hydrogen-bond donors (Lipinski definition) is 1. The Morgan fingerprint density at radius 1 is 0.970 bits per heavy atom. The van der Waals surface area contributed by atoms with Gasteiger partial charge >= 0.3 is 5.97 Å². The highest BCUT2D eigenvalue weighted by Gasteiger charge is 2.33. The molecule has 1 aromatic carbocycles. The topological polar surface area (TPSA) is 105 Å². The predicted octanol–water partition coefficient (Wildman–Crippen LogP) is 3.15. The third-order valence-electron chi connectivity index (χ3n) is 6.83. The molecular formula is C24H33N3O5S. The number of nitrogens with zero attached hydrogens (tertiary/aromatic N) is 2. The quantitative estimate of drug-likeness (QED) is 0.610. The van der Waals surface area contributed by atoms with Crippen LogP contribution in [0.2, 0.25) is 0 Å². The molecular weight excluding hydrogens is 442 g/mol. The number of rotatable bonds is 7. The maximum atomic E-state index is 13.1. The van der Waals surface area contributed by atoms with E-state index < -0.39 is 16.0 Å². The monoisotopic (exact) mass is 475 g/mol. The minimum absolute atomic E-state index is 0.0203. The fourth-order valence-electron chi connectivity index (χ4n) is 5.22. The Balaban J connectivity index is 1.30. The second-order valence-corrected chi connectivity index (χ2v) is 10.8. The number of amidine groups is 1. The first kappa shape index (κ1) is 23.7. The Kier molecular flexibility index (Phi) is 7.67. The second-order valence-electron chi connectivity index (χ2n) is 9.13. The molecule has 1 aromatic rings. The van der Waals surface area contributed by atoms with E-state index in [1.54, 1.807) is 18.2 Å². The van der Waals surface area contributed by atoms with Gasteiger partial charge < -0.3 is 9.64 Å². The van der Waals surface area contributed by atoms with E-state index in [1.165, 1.54) is 18.9 Å². The number of sulfonamides is 1. The molecule has 8 nitrogen and oxygen atoms in total. The van der Waals surface area contributed by atoms with Gasteiger partial charge in [-0.3, -0.25) is 19.3 Å². The Labute approximate surface area is 195 Å². The molecule has 0 bridgehead atoms. The van der Waals surface area contributed by atoms with Crippen molar-refractivity contribution in [3.63, 3.8) is 0 Å². The van der Waals surface area contributed by atoms with Crippen LogP contribution in [0.5, 0.6) is 0 Å². The molecule has 1 N–H and O–H groups in total. The molecule has 1 aliphatic heterocycles. The summed E-state index contributed by atoms with van der Waals surface area (Å²) in [6, 6.07) is 7.10. The van der Waals surface area contributed by atoms with Crippen molar-refractivity contribution in [2.75, 3.05) is 13.2 Å². The van der Waals surface area contributed by atoms with Gasteiger partial charge in [-0.25, -0.2) is 8.42 Å². The summed E-state index contributed by atoms with van der Waals surface area (Å²) < 4.78 is 32.0. The fourth-order valence-corrected chi connectivity index (χ4v) is 6.47. The van der Waals surface area contributed by atoms with Crippen molar-refractivity contribution in [2.24, 2.45) is 4.99 Å². The molecule has 0 radical (unpaired) electrons. The van der Waals surface area contributed by atoms with Gasteiger partial charge in [0.1, 0.15) is 5.84 Å². The number of aliphatic imine (C=N–C) groups is 1. The molecule has 1 amide bonds. The first-order chi connectivity index (χ1) is 16.0. The van der Waals surface area contributed by atoms with Crippen molar-refractivity contribution >= 4 is 27.7 Å². The molecule has 0 atom stereocenters. The van der Waals surface area contributed by atoms with Gasteiger partial charge in [-0.2, -0.15) is 0 Å². The maximum Gasteiger partial charge on any atom is 0.308 e. The average molecular weight is 476 g/mol. The SMILES string of the molecule is O=C(CCN=C1NS(=O)(=O)c2ccccc21)OCC(=O)N(C1CCCCC1)C1CCCCC1. The van der Waals surface area contributed by atoms with Crippen molar-refractivity contribution in [2.45, 2.75) is 87.6 Å². The van der Waals surface area contributed by atoms with Crippen LogP contribution in [-0.2, 0) is 24.3 Å². The summed E-state index contributed by atoms with van der Waals surface area (Å²) in [7, 11) is -3.61. The van der Waals surface area contributed by atoms with Crippen LogP contribution >= 0.6 is 0 Å². The second kappa shape index (κ2) is 10.7. The van der Waals surface area contributed by atoms with Crippen molar-refractivity contribution in [1.82, 2.24) is 9.62 Å². The lowest BCUT2D eigenvalue weighted by atomic mass is 9.88. The van der Waals surface area contributed by atoms with Crippen LogP contribution in [-0.4, -0.2) is 56.3 Å². The van der Waals surface area contributed by atoms with Gasteiger partial charge in [0.05, 0.1) is 17.9 Å². The van der Waals surface area contributed by atoms with Gasteiger partial charge in [0.2, 0.25) is 0 Å². The van der Waals surface area contributed by atoms with Crippen LogP contribution in [0.25, 0.3) is 0 Å². The first-order valence-corrected chi connectivity index (χ1v) is 13.6. The summed E-state index contributed by atoms with van der Waals surface area (Å²) in [5, 5.41) is 0. The summed E-state index contributed by atoms with van der Waals surface area (Å²) in [5.74, 6) is -0.365. The van der Waals surface area contributed by atoms with E-state index in [9.17, 15) is 18.0 Å². The lowest BCUT2D eigenvalue weighted by Crippen LogP contribution is -2.50. The number of esters is 1. The Morgan fingerprint density at radius 3 is 2.21 bits per heavy atom. The van der Waals surface area contributed by atoms with Gasteiger partial charge in [0, 0.05) is 17.6 Å². The normalized spacial score (nSPS) is 21.9. The van der Waals surface area contributed by atoms with E-state index in [0.717, 1.165) is 51.4 Å². The van der Waals surface area contributed by atoms with Crippen molar-refractivity contribution in [3.8, 4) is 0 Å². The highest BCUT2D eigenvalue weighted by atomic mass is 32.2. The number of carbonyl (C=O) groups is 2. The summed E-state index contributed by atoms with van der Waals surface area (Å²) in [4.78, 5) is 31.8. The summed E-state index contributed by atoms with van der Waals surface area (Å²) in [6.07, 6.45) is 11.1. The van der Waals surface area contributed by atoms with Gasteiger partial charge in [-0.15, -0.1) is 0 Å². The Morgan fingerprint density at radius 2 is 1.58 bits per heavy atom. The zero-order valence-electron chi connectivity index (χ0n) is 19.0. The number of hydrogen-bond acceptors (Lipinski definition) is 6. The van der Waals surface area contributed by atoms with E-state index in [0.29, 0.717) is 5.56 Å². The van der Waals surface area contributed by atoms with Crippen molar-refractivity contribution in [3.05, 3.63) is 29.8 Å². The zero-order valence-corrected chi connectivity index (χ0v) is 19.8. The van der Waals surface area contributed by atoms with Crippen LogP contribution in [0, 0.1) is 0 Å². The summed E-state index contributed by atoms with van der Waals surface area (Å²) in [5.41, 5.74) is 0.497. The minimum atomic E-state index is -3.61. The number of carbonyl (C=O) groups excluding carboxylic acids is 2. The van der Waals surface area contributed by atoms with E-state index in [2.05, 4.69) is 9.71 Å². The molecule has 4 rings (SSSR count). The molecule has 0 spiro atoms. The molecule has 1 heterocycles. The minimum Gasteiger partial charge on any atom is -0.456 e. The number of amides is 1. The standard InChI is InChI=1S/C24H33N3O5S/c28-22(27(18-9-3-1-4-10-18)19-11-5-2-6-12-19)17-32-23(29)15-16-25-24-20-13-7-8-14-21(20)33(30,31)26-24/h7-8,13-14,18-19H,1-6,9-12,15-17H2,(H,25,26). The van der Waals surface area contributed by atoms with Crippen molar-refractivity contribution < 1.29 is 22.7 Å². The highest BCUT2D eigenvalue weighted by molar-refractivity contribution is 7.90. The molecule has 9 heteroatoms. The fraction of sp³-hybridized carbons (Fsp3) is 0.625. The van der Waals surface area contributed by atoms with E-state index in [-0.39, 0.29) is 48.3 Å². The predicted molar refractivity (Wildman–Crippen MR) is 124 cm³/mol. The molecule has 2 aliphatic carbocycles. The molecule has 180 valence electrons. The molecule has 0 aromatic heterocycles. The van der Waals surface area contributed by atoms with Crippen LogP contribution in [0.1, 0.15) is 76.2 Å². The smallest absolute Gasteiger partial charge is 0.308 e. The zero-order chi connectivity index (χ0) is 23.3.